The van der Waals surface area contributed by atoms with Gasteiger partial charge in [0.05, 0.1) is 17.6 Å². The number of rotatable bonds is 13. The highest BCUT2D eigenvalue weighted by molar-refractivity contribution is 7.11. The summed E-state index contributed by atoms with van der Waals surface area (Å²) in [6.45, 7) is 10.9. The highest BCUT2D eigenvalue weighted by Gasteiger charge is 2.54. The number of esters is 1. The lowest BCUT2D eigenvalue weighted by molar-refractivity contribution is -0.148. The fourth-order valence-corrected chi connectivity index (χ4v) is 9.41. The SMILES string of the molecule is C=C1/C(=C\C=C2/CCCC3(C)C(C/C=C/C(OC(=O)CCCC)C4(c5ncc(CCCC)s5)CC4)CCC23)CC(O)CC1O. The summed E-state index contributed by atoms with van der Waals surface area (Å²) < 4.78 is 6.23. The Hall–Kier alpha value is -2.02. The monoisotopic (exact) mass is 621 g/mol. The van der Waals surface area contributed by atoms with Gasteiger partial charge in [-0.2, -0.15) is 0 Å². The number of hydrogen-bond donors (Lipinski definition) is 2. The Morgan fingerprint density at radius 2 is 1.98 bits per heavy atom. The molecule has 0 amide bonds. The average Bonchev–Trinajstić information content (AvgIpc) is 3.54. The number of aliphatic hydroxyl groups is 2. The minimum absolute atomic E-state index is 0.0831. The molecule has 0 bridgehead atoms. The molecule has 1 aromatic rings. The summed E-state index contributed by atoms with van der Waals surface area (Å²) in [6, 6.07) is 0. The summed E-state index contributed by atoms with van der Waals surface area (Å²) in [6.07, 6.45) is 25.4. The summed E-state index contributed by atoms with van der Waals surface area (Å²) in [5.41, 5.74) is 3.35. The number of aromatic nitrogens is 1. The second-order valence-corrected chi connectivity index (χ2v) is 15.4. The highest BCUT2D eigenvalue weighted by Crippen LogP contribution is 2.59. The van der Waals surface area contributed by atoms with Gasteiger partial charge in [0.25, 0.3) is 0 Å². The van der Waals surface area contributed by atoms with Crippen molar-refractivity contribution in [2.75, 3.05) is 0 Å². The molecule has 0 saturated heterocycles. The van der Waals surface area contributed by atoms with Crippen molar-refractivity contribution in [1.29, 1.82) is 0 Å². The third-order valence-corrected chi connectivity index (χ3v) is 12.5. The molecular weight excluding hydrogens is 566 g/mol. The van der Waals surface area contributed by atoms with E-state index >= 15 is 0 Å². The van der Waals surface area contributed by atoms with Crippen molar-refractivity contribution < 1.29 is 19.7 Å². The zero-order valence-corrected chi connectivity index (χ0v) is 28.2. The maximum atomic E-state index is 12.9. The Balaban J connectivity index is 1.29. The topological polar surface area (TPSA) is 79.7 Å². The molecule has 6 unspecified atom stereocenters. The minimum atomic E-state index is -0.647. The Labute approximate surface area is 269 Å². The van der Waals surface area contributed by atoms with Crippen molar-refractivity contribution in [3.63, 3.8) is 0 Å². The number of aryl methyl sites for hydroxylation is 1. The molecule has 0 aromatic carbocycles. The number of thiazole rings is 1. The lowest BCUT2D eigenvalue weighted by atomic mass is 9.63. The fourth-order valence-electron chi connectivity index (χ4n) is 8.18. The molecule has 4 saturated carbocycles. The summed E-state index contributed by atoms with van der Waals surface area (Å²) in [7, 11) is 0. The third-order valence-electron chi connectivity index (χ3n) is 11.2. The van der Waals surface area contributed by atoms with Gasteiger partial charge in [-0.05, 0) is 112 Å². The van der Waals surface area contributed by atoms with E-state index in [1.165, 1.54) is 49.0 Å². The first-order chi connectivity index (χ1) is 21.2. The van der Waals surface area contributed by atoms with Gasteiger partial charge < -0.3 is 14.9 Å². The Kier molecular flexibility index (Phi) is 11.1. The number of hydrogen-bond acceptors (Lipinski definition) is 6. The summed E-state index contributed by atoms with van der Waals surface area (Å²) in [4.78, 5) is 19.1. The Bertz CT molecular complexity index is 1260. The van der Waals surface area contributed by atoms with Gasteiger partial charge in [0.15, 0.2) is 0 Å². The molecular formula is C38H55NO4S. The zero-order valence-electron chi connectivity index (χ0n) is 27.4. The Morgan fingerprint density at radius 3 is 2.73 bits per heavy atom. The van der Waals surface area contributed by atoms with Crippen molar-refractivity contribution in [3.8, 4) is 0 Å². The van der Waals surface area contributed by atoms with Gasteiger partial charge in [-0.15, -0.1) is 11.3 Å². The highest BCUT2D eigenvalue weighted by atomic mass is 32.1. The van der Waals surface area contributed by atoms with Crippen molar-refractivity contribution >= 4 is 17.3 Å². The van der Waals surface area contributed by atoms with E-state index in [4.69, 9.17) is 9.72 Å². The zero-order chi connectivity index (χ0) is 31.3. The number of fused-ring (bicyclic) bond motifs is 1. The van der Waals surface area contributed by atoms with Crippen molar-refractivity contribution in [2.24, 2.45) is 17.3 Å². The van der Waals surface area contributed by atoms with Crippen LogP contribution in [0.15, 0.2) is 53.8 Å². The number of aliphatic hydroxyl groups excluding tert-OH is 2. The third kappa shape index (κ3) is 7.34. The first-order valence-electron chi connectivity index (χ1n) is 17.5. The molecule has 4 aliphatic rings. The van der Waals surface area contributed by atoms with Gasteiger partial charge >= 0.3 is 5.97 Å². The van der Waals surface area contributed by atoms with Crippen molar-refractivity contribution in [3.05, 3.63) is 63.7 Å². The molecule has 6 heteroatoms. The summed E-state index contributed by atoms with van der Waals surface area (Å²) >= 11 is 1.82. The molecule has 0 radical (unpaired) electrons. The molecule has 242 valence electrons. The predicted molar refractivity (Wildman–Crippen MR) is 180 cm³/mol. The molecule has 1 aromatic heterocycles. The van der Waals surface area contributed by atoms with Crippen LogP contribution in [0.2, 0.25) is 0 Å². The van der Waals surface area contributed by atoms with Crippen molar-refractivity contribution in [2.45, 2.75) is 147 Å². The van der Waals surface area contributed by atoms with Crippen LogP contribution in [0.25, 0.3) is 0 Å². The first kappa shape index (κ1) is 33.3. The number of unbranched alkanes of at least 4 members (excludes halogenated alkanes) is 2. The van der Waals surface area contributed by atoms with E-state index in [-0.39, 0.29) is 22.9 Å². The quantitative estimate of drug-likeness (QED) is 0.170. The molecule has 2 N–H and O–H groups in total. The van der Waals surface area contributed by atoms with Crippen LogP contribution in [0.3, 0.4) is 0 Å². The van der Waals surface area contributed by atoms with Gasteiger partial charge in [0.1, 0.15) is 11.1 Å². The summed E-state index contributed by atoms with van der Waals surface area (Å²) in [5, 5.41) is 21.6. The van der Waals surface area contributed by atoms with E-state index in [1.807, 2.05) is 17.5 Å². The Morgan fingerprint density at radius 1 is 1.18 bits per heavy atom. The molecule has 0 spiro atoms. The van der Waals surface area contributed by atoms with Gasteiger partial charge in [-0.1, -0.05) is 64.0 Å². The number of nitrogens with zero attached hydrogens (tertiary/aromatic N) is 1. The van der Waals surface area contributed by atoms with Crippen LogP contribution in [0.1, 0.15) is 127 Å². The molecule has 0 aliphatic heterocycles. The van der Waals surface area contributed by atoms with Crippen LogP contribution < -0.4 is 0 Å². The van der Waals surface area contributed by atoms with Gasteiger partial charge in [-0.3, -0.25) is 4.79 Å². The van der Waals surface area contributed by atoms with Crippen LogP contribution in [0.4, 0.5) is 0 Å². The fraction of sp³-hybridized carbons (Fsp3) is 0.684. The lowest BCUT2D eigenvalue weighted by Gasteiger charge is -2.42. The van der Waals surface area contributed by atoms with E-state index < -0.39 is 12.2 Å². The van der Waals surface area contributed by atoms with E-state index in [2.05, 4.69) is 51.7 Å². The second kappa shape index (κ2) is 14.6. The second-order valence-electron chi connectivity index (χ2n) is 14.3. The molecule has 4 aliphatic carbocycles. The molecule has 1 heterocycles. The normalized spacial score (nSPS) is 32.3. The molecule has 5 rings (SSSR count). The molecule has 6 atom stereocenters. The number of carbonyl (C=O) groups excluding carboxylic acids is 1. The maximum absolute atomic E-state index is 12.9. The molecule has 5 nitrogen and oxygen atoms in total. The number of allylic oxidation sites excluding steroid dienone is 4. The molecule has 44 heavy (non-hydrogen) atoms. The van der Waals surface area contributed by atoms with Crippen molar-refractivity contribution in [1.82, 2.24) is 4.98 Å². The van der Waals surface area contributed by atoms with E-state index in [9.17, 15) is 15.0 Å². The number of ether oxygens (including phenoxy) is 1. The van der Waals surface area contributed by atoms with E-state index in [0.717, 1.165) is 61.1 Å². The standard InChI is InChI=1S/C38H55NO4S/c1-5-7-13-31-25-39-36(44-31)38(21-22-38)34(43-35(42)15-8-6-2)14-9-12-29-18-19-32-27(11-10-20-37(29,32)4)16-17-28-23-30(40)24-33(41)26(28)3/h9,14,16-17,25,29-30,32-34,40-41H,3,5-8,10-13,15,18-24H2,1-2,4H3/b14-9+,27-16+,28-17-. The van der Waals surface area contributed by atoms with E-state index in [1.54, 1.807) is 0 Å². The van der Waals surface area contributed by atoms with Gasteiger partial charge in [-0.25, -0.2) is 4.98 Å². The predicted octanol–water partition coefficient (Wildman–Crippen LogP) is 8.71. The number of carbonyl (C=O) groups is 1. The first-order valence-corrected chi connectivity index (χ1v) is 18.3. The van der Waals surface area contributed by atoms with E-state index in [0.29, 0.717) is 31.1 Å². The van der Waals surface area contributed by atoms with Crippen LogP contribution in [-0.4, -0.2) is 39.5 Å². The molecule has 4 fully saturated rings. The largest absolute Gasteiger partial charge is 0.457 e. The average molecular weight is 622 g/mol. The van der Waals surface area contributed by atoms with Crippen LogP contribution in [0.5, 0.6) is 0 Å². The van der Waals surface area contributed by atoms with Crippen LogP contribution in [-0.2, 0) is 21.4 Å². The summed E-state index contributed by atoms with van der Waals surface area (Å²) in [5.74, 6) is 1.08. The van der Waals surface area contributed by atoms with Crippen LogP contribution in [0, 0.1) is 17.3 Å². The van der Waals surface area contributed by atoms with Crippen LogP contribution >= 0.6 is 11.3 Å². The maximum Gasteiger partial charge on any atom is 0.306 e. The lowest BCUT2D eigenvalue weighted by Crippen LogP contribution is -2.33. The minimum Gasteiger partial charge on any atom is -0.457 e. The smallest absolute Gasteiger partial charge is 0.306 e. The van der Waals surface area contributed by atoms with Gasteiger partial charge in [0, 0.05) is 23.9 Å². The van der Waals surface area contributed by atoms with Gasteiger partial charge in [0.2, 0.25) is 0 Å².